The highest BCUT2D eigenvalue weighted by Gasteiger charge is 2.36. The first kappa shape index (κ1) is 16.4. The molecular weight excluding hydrogens is 302 g/mol. The van der Waals surface area contributed by atoms with Gasteiger partial charge in [0.25, 0.3) is 0 Å². The van der Waals surface area contributed by atoms with Gasteiger partial charge < -0.3 is 0 Å². The van der Waals surface area contributed by atoms with Crippen molar-refractivity contribution in [1.82, 2.24) is 4.90 Å². The number of fused-ring (bicyclic) bond motifs is 1. The number of likely N-dealkylation sites (tertiary alicyclic amines) is 1. The molecule has 1 aliphatic carbocycles. The number of benzene rings is 2. The highest BCUT2D eigenvalue weighted by atomic mass is 15.2. The zero-order chi connectivity index (χ0) is 16.9. The van der Waals surface area contributed by atoms with Crippen LogP contribution in [-0.4, -0.2) is 17.5 Å². The van der Waals surface area contributed by atoms with E-state index in [1.807, 2.05) is 0 Å². The normalized spacial score (nSPS) is 26.8. The molecule has 128 valence electrons. The Kier molecular flexibility index (Phi) is 5.13. The van der Waals surface area contributed by atoms with Crippen molar-refractivity contribution in [3.8, 4) is 0 Å². The third-order valence-corrected chi connectivity index (χ3v) is 5.54. The Bertz CT molecular complexity index is 729. The molecule has 2 aromatic rings. The van der Waals surface area contributed by atoms with E-state index in [1.54, 1.807) is 5.57 Å². The molecule has 1 aliphatic heterocycles. The highest BCUT2D eigenvalue weighted by Crippen LogP contribution is 2.37. The van der Waals surface area contributed by atoms with Crippen LogP contribution in [0.4, 0.5) is 0 Å². The predicted molar refractivity (Wildman–Crippen MR) is 106 cm³/mol. The summed E-state index contributed by atoms with van der Waals surface area (Å²) in [7, 11) is 0. The van der Waals surface area contributed by atoms with Gasteiger partial charge in [0.15, 0.2) is 0 Å². The fourth-order valence-electron chi connectivity index (χ4n) is 4.30. The third-order valence-electron chi connectivity index (χ3n) is 5.54. The minimum atomic E-state index is 0.573. The molecule has 25 heavy (non-hydrogen) atoms. The van der Waals surface area contributed by atoms with Crippen LogP contribution in [0, 0.1) is 5.92 Å². The van der Waals surface area contributed by atoms with Crippen LogP contribution in [-0.2, 0) is 6.54 Å². The molecule has 1 nitrogen and oxygen atoms in total. The van der Waals surface area contributed by atoms with Crippen LogP contribution in [0.25, 0.3) is 6.08 Å². The van der Waals surface area contributed by atoms with Gasteiger partial charge in [-0.1, -0.05) is 85.3 Å². The summed E-state index contributed by atoms with van der Waals surface area (Å²) in [6.07, 6.45) is 12.6. The number of allylic oxidation sites excluding steroid dienone is 1. The molecule has 0 N–H and O–H groups in total. The SMILES string of the molecule is C1=C\[C@@H]2/C(=C/c3ccccc3)CN(Cc3ccccc3)[C@H]2CCCC/1. The van der Waals surface area contributed by atoms with Gasteiger partial charge in [0, 0.05) is 25.0 Å². The van der Waals surface area contributed by atoms with Crippen LogP contribution in [0.1, 0.15) is 36.8 Å². The van der Waals surface area contributed by atoms with Gasteiger partial charge in [-0.3, -0.25) is 4.90 Å². The van der Waals surface area contributed by atoms with E-state index < -0.39 is 0 Å². The van der Waals surface area contributed by atoms with E-state index in [9.17, 15) is 0 Å². The molecular formula is C24H27N. The lowest BCUT2D eigenvalue weighted by atomic mass is 9.88. The lowest BCUT2D eigenvalue weighted by Crippen LogP contribution is -2.32. The molecule has 0 saturated carbocycles. The second-order valence-electron chi connectivity index (χ2n) is 7.33. The molecule has 1 heteroatoms. The van der Waals surface area contributed by atoms with E-state index in [-0.39, 0.29) is 0 Å². The summed E-state index contributed by atoms with van der Waals surface area (Å²) in [6.45, 7) is 2.14. The summed E-state index contributed by atoms with van der Waals surface area (Å²) in [5.41, 5.74) is 4.33. The van der Waals surface area contributed by atoms with Crippen molar-refractivity contribution in [2.24, 2.45) is 5.92 Å². The molecule has 1 saturated heterocycles. The Balaban J connectivity index is 1.63. The van der Waals surface area contributed by atoms with Crippen molar-refractivity contribution < 1.29 is 0 Å². The van der Waals surface area contributed by atoms with Gasteiger partial charge in [-0.25, -0.2) is 0 Å². The van der Waals surface area contributed by atoms with Crippen LogP contribution in [0.2, 0.25) is 0 Å². The second-order valence-corrected chi connectivity index (χ2v) is 7.33. The molecule has 1 fully saturated rings. The molecule has 0 bridgehead atoms. The third kappa shape index (κ3) is 3.93. The molecule has 1 heterocycles. The Hall–Kier alpha value is -2.12. The van der Waals surface area contributed by atoms with Crippen molar-refractivity contribution in [2.75, 3.05) is 6.54 Å². The van der Waals surface area contributed by atoms with Crippen LogP contribution in [0.5, 0.6) is 0 Å². The van der Waals surface area contributed by atoms with Crippen molar-refractivity contribution in [1.29, 1.82) is 0 Å². The maximum absolute atomic E-state index is 2.70. The van der Waals surface area contributed by atoms with E-state index >= 15 is 0 Å². The van der Waals surface area contributed by atoms with Crippen molar-refractivity contribution in [2.45, 2.75) is 38.3 Å². The largest absolute Gasteiger partial charge is 0.291 e. The lowest BCUT2D eigenvalue weighted by Gasteiger charge is -2.27. The van der Waals surface area contributed by atoms with Gasteiger partial charge >= 0.3 is 0 Å². The van der Waals surface area contributed by atoms with E-state index in [4.69, 9.17) is 0 Å². The maximum atomic E-state index is 2.70. The molecule has 0 unspecified atom stereocenters. The number of nitrogens with zero attached hydrogens (tertiary/aromatic N) is 1. The van der Waals surface area contributed by atoms with Crippen LogP contribution in [0.15, 0.2) is 78.4 Å². The quantitative estimate of drug-likeness (QED) is 0.653. The number of rotatable bonds is 3. The average Bonchev–Trinajstić information content (AvgIpc) is 2.91. The van der Waals surface area contributed by atoms with Gasteiger partial charge in [0.05, 0.1) is 0 Å². The van der Waals surface area contributed by atoms with Gasteiger partial charge in [-0.15, -0.1) is 0 Å². The van der Waals surface area contributed by atoms with Crippen LogP contribution >= 0.6 is 0 Å². The Labute approximate surface area is 151 Å². The summed E-state index contributed by atoms with van der Waals surface area (Å²) in [4.78, 5) is 2.70. The topological polar surface area (TPSA) is 3.24 Å². The summed E-state index contributed by atoms with van der Waals surface area (Å²) in [5.74, 6) is 0.573. The minimum Gasteiger partial charge on any atom is -0.291 e. The number of hydrogen-bond donors (Lipinski definition) is 0. The van der Waals surface area contributed by atoms with Crippen LogP contribution in [0.3, 0.4) is 0 Å². The van der Waals surface area contributed by atoms with Gasteiger partial charge in [-0.2, -0.15) is 0 Å². The van der Waals surface area contributed by atoms with E-state index in [0.29, 0.717) is 12.0 Å². The first-order valence-electron chi connectivity index (χ1n) is 9.60. The fraction of sp³-hybridized carbons (Fsp3) is 0.333. The molecule has 0 radical (unpaired) electrons. The molecule has 2 aliphatic rings. The minimum absolute atomic E-state index is 0.573. The molecule has 0 amide bonds. The average molecular weight is 329 g/mol. The van der Waals surface area contributed by atoms with Gasteiger partial charge in [0.2, 0.25) is 0 Å². The van der Waals surface area contributed by atoms with Gasteiger partial charge in [-0.05, 0) is 36.0 Å². The summed E-state index contributed by atoms with van der Waals surface area (Å²) in [6, 6.07) is 22.4. The van der Waals surface area contributed by atoms with Gasteiger partial charge in [0.1, 0.15) is 0 Å². The smallest absolute Gasteiger partial charge is 0.0240 e. The summed E-state index contributed by atoms with van der Waals surface area (Å²) >= 11 is 0. The fourth-order valence-corrected chi connectivity index (χ4v) is 4.30. The standard InChI is InChI=1S/C24H27N/c1-2-10-16-24-23(15-9-1)22(17-20-11-5-3-6-12-20)19-25(24)18-21-13-7-4-8-14-21/h3-9,11-15,17,23-24H,1-2,10,16,18-19H2/b15-9-,22-17+/t23-,24+/m1/s1. The van der Waals surface area contributed by atoms with Crippen molar-refractivity contribution >= 4 is 6.08 Å². The maximum Gasteiger partial charge on any atom is 0.0240 e. The van der Waals surface area contributed by atoms with Crippen molar-refractivity contribution in [3.63, 3.8) is 0 Å². The van der Waals surface area contributed by atoms with Crippen molar-refractivity contribution in [3.05, 3.63) is 89.5 Å². The molecule has 0 aromatic heterocycles. The van der Waals surface area contributed by atoms with E-state index in [2.05, 4.69) is 83.8 Å². The van der Waals surface area contributed by atoms with E-state index in [0.717, 1.165) is 13.1 Å². The zero-order valence-electron chi connectivity index (χ0n) is 14.9. The Morgan fingerprint density at radius 2 is 1.68 bits per heavy atom. The Morgan fingerprint density at radius 1 is 0.920 bits per heavy atom. The monoisotopic (exact) mass is 329 g/mol. The first-order valence-corrected chi connectivity index (χ1v) is 9.60. The lowest BCUT2D eigenvalue weighted by molar-refractivity contribution is 0.213. The highest BCUT2D eigenvalue weighted by molar-refractivity contribution is 5.55. The molecule has 2 atom stereocenters. The summed E-state index contributed by atoms with van der Waals surface area (Å²) in [5, 5.41) is 0. The number of hydrogen-bond acceptors (Lipinski definition) is 1. The molecule has 0 spiro atoms. The zero-order valence-corrected chi connectivity index (χ0v) is 14.9. The van der Waals surface area contributed by atoms with Crippen LogP contribution < -0.4 is 0 Å². The first-order chi connectivity index (χ1) is 12.4. The predicted octanol–water partition coefficient (Wildman–Crippen LogP) is 5.70. The second kappa shape index (κ2) is 7.84. The summed E-state index contributed by atoms with van der Waals surface area (Å²) < 4.78 is 0. The van der Waals surface area contributed by atoms with E-state index in [1.165, 1.54) is 36.8 Å². The Morgan fingerprint density at radius 3 is 2.48 bits per heavy atom. The molecule has 2 aromatic carbocycles. The molecule has 4 rings (SSSR count).